The molecule has 1 saturated heterocycles. The molecule has 1 aliphatic carbocycles. The Hall–Kier alpha value is -0.0800. The Morgan fingerprint density at radius 2 is 1.82 bits per heavy atom. The second kappa shape index (κ2) is 6.19. The van der Waals surface area contributed by atoms with Crippen LogP contribution in [0.1, 0.15) is 58.8 Å². The number of ether oxygens (including phenoxy) is 1. The molecule has 0 aromatic rings. The van der Waals surface area contributed by atoms with Crippen LogP contribution in [-0.4, -0.2) is 25.8 Å². The molecule has 0 spiro atoms. The van der Waals surface area contributed by atoms with Gasteiger partial charge in [-0.3, -0.25) is 0 Å². The summed E-state index contributed by atoms with van der Waals surface area (Å²) in [5.41, 5.74) is 0.595. The molecule has 0 aromatic carbocycles. The van der Waals surface area contributed by atoms with Gasteiger partial charge in [-0.2, -0.15) is 0 Å². The molecule has 0 amide bonds. The standard InChI is InChI=1S/C15H29NO/c1-3-15(9-5-6-10-15)14(16-4-2)13-7-11-17-12-8-13/h13-14,16H,3-12H2,1-2H3. The molecule has 0 radical (unpaired) electrons. The number of rotatable bonds is 5. The zero-order valence-corrected chi connectivity index (χ0v) is 11.6. The van der Waals surface area contributed by atoms with Crippen molar-refractivity contribution in [2.24, 2.45) is 11.3 Å². The van der Waals surface area contributed by atoms with E-state index >= 15 is 0 Å². The largest absolute Gasteiger partial charge is 0.381 e. The van der Waals surface area contributed by atoms with Crippen LogP contribution >= 0.6 is 0 Å². The molecule has 1 aliphatic heterocycles. The van der Waals surface area contributed by atoms with E-state index in [2.05, 4.69) is 19.2 Å². The van der Waals surface area contributed by atoms with Crippen molar-refractivity contribution in [2.75, 3.05) is 19.8 Å². The summed E-state index contributed by atoms with van der Waals surface area (Å²) in [6, 6.07) is 0.740. The van der Waals surface area contributed by atoms with Crippen LogP contribution in [0.15, 0.2) is 0 Å². The maximum absolute atomic E-state index is 5.53. The van der Waals surface area contributed by atoms with Crippen LogP contribution < -0.4 is 5.32 Å². The highest BCUT2D eigenvalue weighted by Gasteiger charge is 2.43. The highest BCUT2D eigenvalue weighted by molar-refractivity contribution is 4.97. The molecular formula is C15H29NO. The topological polar surface area (TPSA) is 21.3 Å². The van der Waals surface area contributed by atoms with Gasteiger partial charge in [-0.05, 0) is 50.0 Å². The molecule has 1 atom stereocenters. The molecule has 0 bridgehead atoms. The van der Waals surface area contributed by atoms with E-state index in [4.69, 9.17) is 4.74 Å². The zero-order chi connectivity index (χ0) is 12.1. The number of nitrogens with one attached hydrogen (secondary N) is 1. The van der Waals surface area contributed by atoms with E-state index in [1.165, 1.54) is 44.9 Å². The molecule has 2 fully saturated rings. The van der Waals surface area contributed by atoms with E-state index in [0.29, 0.717) is 5.41 Å². The predicted octanol–water partition coefficient (Wildman–Crippen LogP) is 3.36. The first-order valence-electron chi connectivity index (χ1n) is 7.63. The Kier molecular flexibility index (Phi) is 4.87. The molecule has 1 heterocycles. The van der Waals surface area contributed by atoms with Crippen LogP contribution in [0.25, 0.3) is 0 Å². The first-order valence-corrected chi connectivity index (χ1v) is 7.63. The van der Waals surface area contributed by atoms with Crippen molar-refractivity contribution >= 4 is 0 Å². The van der Waals surface area contributed by atoms with Gasteiger partial charge in [0.2, 0.25) is 0 Å². The Labute approximate surface area is 107 Å². The fourth-order valence-corrected chi connectivity index (χ4v) is 4.12. The molecule has 100 valence electrons. The van der Waals surface area contributed by atoms with Crippen molar-refractivity contribution in [3.63, 3.8) is 0 Å². The van der Waals surface area contributed by atoms with Crippen molar-refractivity contribution in [3.05, 3.63) is 0 Å². The van der Waals surface area contributed by atoms with Crippen molar-refractivity contribution in [1.82, 2.24) is 5.32 Å². The van der Waals surface area contributed by atoms with Crippen molar-refractivity contribution in [2.45, 2.75) is 64.8 Å². The van der Waals surface area contributed by atoms with E-state index in [1.807, 2.05) is 0 Å². The summed E-state index contributed by atoms with van der Waals surface area (Å²) < 4.78 is 5.53. The molecule has 2 heteroatoms. The molecule has 17 heavy (non-hydrogen) atoms. The van der Waals surface area contributed by atoms with Gasteiger partial charge in [-0.1, -0.05) is 26.7 Å². The fourth-order valence-electron chi connectivity index (χ4n) is 4.12. The summed E-state index contributed by atoms with van der Waals surface area (Å²) in [5, 5.41) is 3.83. The van der Waals surface area contributed by atoms with Gasteiger partial charge in [0, 0.05) is 19.3 Å². The van der Waals surface area contributed by atoms with E-state index in [0.717, 1.165) is 31.7 Å². The third kappa shape index (κ3) is 2.85. The monoisotopic (exact) mass is 239 g/mol. The van der Waals surface area contributed by atoms with Gasteiger partial charge in [0.05, 0.1) is 0 Å². The van der Waals surface area contributed by atoms with Gasteiger partial charge in [0.1, 0.15) is 0 Å². The zero-order valence-electron chi connectivity index (χ0n) is 11.6. The Bertz CT molecular complexity index is 217. The van der Waals surface area contributed by atoms with Gasteiger partial charge in [-0.15, -0.1) is 0 Å². The normalized spacial score (nSPS) is 27.2. The molecule has 1 N–H and O–H groups in total. The third-order valence-corrected chi connectivity index (χ3v) is 5.12. The molecule has 1 unspecified atom stereocenters. The highest BCUT2D eigenvalue weighted by Crippen LogP contribution is 2.47. The minimum atomic E-state index is 0.595. The maximum Gasteiger partial charge on any atom is 0.0469 e. The van der Waals surface area contributed by atoms with Gasteiger partial charge >= 0.3 is 0 Å². The summed E-state index contributed by atoms with van der Waals surface area (Å²) in [4.78, 5) is 0. The fraction of sp³-hybridized carbons (Fsp3) is 1.00. The Morgan fingerprint density at radius 3 is 2.35 bits per heavy atom. The summed E-state index contributed by atoms with van der Waals surface area (Å²) in [7, 11) is 0. The van der Waals surface area contributed by atoms with Crippen LogP contribution in [0.5, 0.6) is 0 Å². The second-order valence-electron chi connectivity index (χ2n) is 5.91. The number of hydrogen-bond acceptors (Lipinski definition) is 2. The molecular weight excluding hydrogens is 210 g/mol. The quantitative estimate of drug-likeness (QED) is 0.794. The Morgan fingerprint density at radius 1 is 1.18 bits per heavy atom. The second-order valence-corrected chi connectivity index (χ2v) is 5.91. The molecule has 1 saturated carbocycles. The summed E-state index contributed by atoms with van der Waals surface area (Å²) >= 11 is 0. The summed E-state index contributed by atoms with van der Waals surface area (Å²) in [6.45, 7) is 7.72. The smallest absolute Gasteiger partial charge is 0.0469 e. The predicted molar refractivity (Wildman–Crippen MR) is 72.2 cm³/mol. The van der Waals surface area contributed by atoms with Crippen LogP contribution in [0.3, 0.4) is 0 Å². The van der Waals surface area contributed by atoms with Crippen molar-refractivity contribution < 1.29 is 4.74 Å². The minimum absolute atomic E-state index is 0.595. The van der Waals surface area contributed by atoms with Crippen LogP contribution in [-0.2, 0) is 4.74 Å². The minimum Gasteiger partial charge on any atom is -0.381 e. The lowest BCUT2D eigenvalue weighted by Gasteiger charge is -2.43. The molecule has 2 aliphatic rings. The lowest BCUT2D eigenvalue weighted by atomic mass is 9.69. The first kappa shape index (κ1) is 13.4. The van der Waals surface area contributed by atoms with E-state index < -0.39 is 0 Å². The van der Waals surface area contributed by atoms with Crippen LogP contribution in [0.4, 0.5) is 0 Å². The van der Waals surface area contributed by atoms with Crippen molar-refractivity contribution in [3.8, 4) is 0 Å². The van der Waals surface area contributed by atoms with Gasteiger partial charge in [0.15, 0.2) is 0 Å². The third-order valence-electron chi connectivity index (χ3n) is 5.12. The molecule has 2 rings (SSSR count). The van der Waals surface area contributed by atoms with Gasteiger partial charge in [0.25, 0.3) is 0 Å². The number of hydrogen-bond donors (Lipinski definition) is 1. The molecule has 0 aromatic heterocycles. The lowest BCUT2D eigenvalue weighted by Crippen LogP contribution is -2.50. The van der Waals surface area contributed by atoms with E-state index in [-0.39, 0.29) is 0 Å². The van der Waals surface area contributed by atoms with Gasteiger partial charge in [-0.25, -0.2) is 0 Å². The van der Waals surface area contributed by atoms with E-state index in [1.54, 1.807) is 0 Å². The first-order chi connectivity index (χ1) is 8.32. The molecule has 2 nitrogen and oxygen atoms in total. The maximum atomic E-state index is 5.53. The summed E-state index contributed by atoms with van der Waals surface area (Å²) in [6.07, 6.45) is 9.65. The highest BCUT2D eigenvalue weighted by atomic mass is 16.5. The Balaban J connectivity index is 2.08. The van der Waals surface area contributed by atoms with Crippen LogP contribution in [0, 0.1) is 11.3 Å². The average Bonchev–Trinajstić information content (AvgIpc) is 2.87. The average molecular weight is 239 g/mol. The van der Waals surface area contributed by atoms with Crippen LogP contribution in [0.2, 0.25) is 0 Å². The van der Waals surface area contributed by atoms with E-state index in [9.17, 15) is 0 Å². The van der Waals surface area contributed by atoms with Crippen molar-refractivity contribution in [1.29, 1.82) is 0 Å². The lowest BCUT2D eigenvalue weighted by molar-refractivity contribution is 0.0236. The van der Waals surface area contributed by atoms with Gasteiger partial charge < -0.3 is 10.1 Å². The SMILES string of the molecule is CCNC(C1CCOCC1)C1(CC)CCCC1. The summed E-state index contributed by atoms with van der Waals surface area (Å²) in [5.74, 6) is 0.849.